The number of hydrogen-bond donors (Lipinski definition) is 8. The van der Waals surface area contributed by atoms with E-state index in [-0.39, 0.29) is 75.7 Å². The van der Waals surface area contributed by atoms with E-state index in [0.29, 0.717) is 150 Å². The molecule has 0 radical (unpaired) electrons. The Kier molecular flexibility index (Phi) is 36.9. The number of carbonyl (C=O) groups is 4. The lowest BCUT2D eigenvalue weighted by molar-refractivity contribution is -0.131. The maximum Gasteiger partial charge on any atom is 0.410 e. The predicted octanol–water partition coefficient (Wildman–Crippen LogP) is 10.3. The van der Waals surface area contributed by atoms with E-state index >= 15 is 0 Å². The van der Waals surface area contributed by atoms with Crippen molar-refractivity contribution in [3.63, 3.8) is 0 Å². The zero-order chi connectivity index (χ0) is 93.2. The molecule has 6 atom stereocenters. The normalized spacial score (nSPS) is 15.7. The molecule has 3 aliphatic heterocycles. The zero-order valence-electron chi connectivity index (χ0n) is 76.2. The number of methoxy groups -OCH3 is 2. The fourth-order valence-electron chi connectivity index (χ4n) is 14.0. The van der Waals surface area contributed by atoms with Crippen LogP contribution in [0.2, 0.25) is 0 Å². The van der Waals surface area contributed by atoms with Gasteiger partial charge in [-0.3, -0.25) is 14.7 Å². The maximum absolute atomic E-state index is 12.7. The largest absolute Gasteiger partial charge is 0.497 e. The van der Waals surface area contributed by atoms with Crippen molar-refractivity contribution in [3.8, 4) is 46.0 Å². The molecule has 11 aromatic rings. The first-order valence-corrected chi connectivity index (χ1v) is 43.5. The average Bonchev–Trinajstić information content (AvgIpc) is 1.62. The van der Waals surface area contributed by atoms with Crippen LogP contribution in [-0.4, -0.2) is 316 Å². The van der Waals surface area contributed by atoms with Gasteiger partial charge in [0.2, 0.25) is 11.8 Å². The van der Waals surface area contributed by atoms with E-state index in [0.717, 1.165) is 54.5 Å². The first-order valence-electron chi connectivity index (χ1n) is 43.5. The molecule has 0 bridgehead atoms. The summed E-state index contributed by atoms with van der Waals surface area (Å²) in [6, 6.07) is 48.9. The van der Waals surface area contributed by atoms with Crippen LogP contribution >= 0.6 is 0 Å². The van der Waals surface area contributed by atoms with Crippen molar-refractivity contribution in [2.24, 2.45) is 0 Å². The van der Waals surface area contributed by atoms with Gasteiger partial charge >= 0.3 is 12.1 Å². The second kappa shape index (κ2) is 49.3. The molecular weight excluding hydrogens is 1680 g/mol. The fourth-order valence-corrected chi connectivity index (χ4v) is 14.0. The van der Waals surface area contributed by atoms with Crippen LogP contribution in [0.25, 0.3) is 33.1 Å². The van der Waals surface area contributed by atoms with E-state index in [4.69, 9.17) is 57.9 Å². The number of carboxylic acid groups (broad SMARTS) is 1. The van der Waals surface area contributed by atoms with Crippen molar-refractivity contribution in [2.75, 3.05) is 171 Å². The molecule has 3 fully saturated rings. The van der Waals surface area contributed by atoms with Crippen LogP contribution in [0.5, 0.6) is 46.0 Å². The van der Waals surface area contributed by atoms with Gasteiger partial charge in [0.1, 0.15) is 126 Å². The molecule has 3 unspecified atom stereocenters. The number of likely N-dealkylation sites (N-methyl/N-ethyl adjacent to an activating group) is 3. The molecule has 3 saturated heterocycles. The Labute approximate surface area is 763 Å². The van der Waals surface area contributed by atoms with Crippen LogP contribution in [0.4, 0.5) is 22.2 Å². The molecule has 8 N–H and O–H groups in total. The number of nitrogens with one attached hydrogen (secondary N) is 4. The van der Waals surface area contributed by atoms with E-state index in [2.05, 4.69) is 41.1 Å². The smallest absolute Gasteiger partial charge is 0.410 e. The number of benzene rings is 5. The second-order valence-corrected chi connectivity index (χ2v) is 33.3. The van der Waals surface area contributed by atoms with E-state index in [1.807, 2.05) is 249 Å². The Balaban J connectivity index is 0.000000182. The fraction of sp³-hybridized carbons (Fsp3) is 0.396. The summed E-state index contributed by atoms with van der Waals surface area (Å²) in [6.07, 6.45) is 14.2. The summed E-state index contributed by atoms with van der Waals surface area (Å²) >= 11 is 0. The molecule has 131 heavy (non-hydrogen) atoms. The third kappa shape index (κ3) is 31.1. The molecule has 3 amide bonds. The number of ether oxygens (including phenoxy) is 9. The highest BCUT2D eigenvalue weighted by molar-refractivity contribution is 5.96. The number of aliphatic hydroxyl groups excluding tert-OH is 3. The summed E-state index contributed by atoms with van der Waals surface area (Å²) in [5, 5.41) is 69.3. The lowest BCUT2D eigenvalue weighted by Crippen LogP contribution is -2.36. The van der Waals surface area contributed by atoms with Crippen molar-refractivity contribution < 1.29 is 82.2 Å². The van der Waals surface area contributed by atoms with Crippen molar-refractivity contribution in [3.05, 3.63) is 224 Å². The minimum Gasteiger partial charge on any atom is -0.497 e. The molecule has 9 heterocycles. The van der Waals surface area contributed by atoms with Crippen LogP contribution in [0.15, 0.2) is 213 Å². The SMILES string of the molecule is CN(C)C/C=C/C(=O)N1CC[C@@H](Nc2n[nH]c3nccc(OCC(O)COc4ccccc4)c23)C1.CN(C)C/C=C/C(=O)O.COc1ccc(Cn2nc(N[C@@H]3CCN(C(=O)/C=C/CN(C)C)C3)c3c(OCC(O)COc4ccccc4)ccnc32)cc1.COc1ccc(Cn2nc(N[C@@H]3CCN(C(=O)OC(C)(C)C)C3)c3c(OCC(O)COc4ccccc4)ccnc32)cc1. The van der Waals surface area contributed by atoms with Gasteiger partial charge in [0.05, 0.1) is 27.3 Å². The lowest BCUT2D eigenvalue weighted by atomic mass is 10.2. The molecule has 35 heteroatoms. The van der Waals surface area contributed by atoms with Gasteiger partial charge in [0.15, 0.2) is 34.4 Å². The van der Waals surface area contributed by atoms with E-state index in [1.165, 1.54) is 0 Å². The van der Waals surface area contributed by atoms with E-state index in [9.17, 15) is 34.5 Å². The Morgan fingerprint density at radius 3 is 1.18 bits per heavy atom. The first kappa shape index (κ1) is 98.0. The molecule has 3 aliphatic rings. The quantitative estimate of drug-likeness (QED) is 0.0166. The van der Waals surface area contributed by atoms with Crippen molar-refractivity contribution in [1.29, 1.82) is 0 Å². The molecule has 35 nitrogen and oxygen atoms in total. The van der Waals surface area contributed by atoms with Gasteiger partial charge in [0.25, 0.3) is 0 Å². The zero-order valence-corrected chi connectivity index (χ0v) is 76.2. The molecule has 698 valence electrons. The number of anilines is 3. The number of rotatable bonds is 39. The van der Waals surface area contributed by atoms with Crippen LogP contribution in [-0.2, 0) is 32.2 Å². The molecule has 0 aliphatic carbocycles. The second-order valence-electron chi connectivity index (χ2n) is 33.3. The Hall–Kier alpha value is -13.6. The lowest BCUT2D eigenvalue weighted by Gasteiger charge is -2.24. The van der Waals surface area contributed by atoms with Crippen LogP contribution in [0.3, 0.4) is 0 Å². The topological polar surface area (TPSA) is 391 Å². The molecule has 14 rings (SSSR count). The average molecular weight is 1800 g/mol. The van der Waals surface area contributed by atoms with Crippen LogP contribution in [0.1, 0.15) is 51.2 Å². The summed E-state index contributed by atoms with van der Waals surface area (Å²) in [6.45, 7) is 12.6. The number of aromatic amines is 1. The van der Waals surface area contributed by atoms with E-state index in [1.54, 1.807) is 74.1 Å². The number of fused-ring (bicyclic) bond motifs is 3. The molecule has 0 spiro atoms. The number of aliphatic hydroxyl groups is 3. The number of likely N-dealkylation sites (tertiary alicyclic amines) is 3. The molecule has 5 aromatic carbocycles. The van der Waals surface area contributed by atoms with Crippen molar-refractivity contribution >= 4 is 74.4 Å². The van der Waals surface area contributed by atoms with Crippen molar-refractivity contribution in [2.45, 2.75) is 95.2 Å². The third-order valence-corrected chi connectivity index (χ3v) is 20.5. The number of carbonyl (C=O) groups excluding carboxylic acids is 3. The number of aromatic nitrogens is 9. The number of para-hydroxylation sites is 3. The molecule has 6 aromatic heterocycles. The first-order chi connectivity index (χ1) is 63.2. The van der Waals surface area contributed by atoms with Gasteiger partial charge in [0, 0.05) is 114 Å². The third-order valence-electron chi connectivity index (χ3n) is 20.5. The van der Waals surface area contributed by atoms with E-state index < -0.39 is 29.9 Å². The van der Waals surface area contributed by atoms with Crippen LogP contribution < -0.4 is 53.8 Å². The summed E-state index contributed by atoms with van der Waals surface area (Å²) in [5.41, 5.74) is 3.35. The highest BCUT2D eigenvalue weighted by Crippen LogP contribution is 2.37. The highest BCUT2D eigenvalue weighted by atomic mass is 16.6. The summed E-state index contributed by atoms with van der Waals surface area (Å²) < 4.78 is 54.9. The number of amides is 3. The number of carboxylic acids is 1. The Morgan fingerprint density at radius 2 is 0.802 bits per heavy atom. The minimum atomic E-state index is -0.892. The van der Waals surface area contributed by atoms with Crippen LogP contribution in [0, 0.1) is 0 Å². The van der Waals surface area contributed by atoms with Gasteiger partial charge in [-0.2, -0.15) is 15.3 Å². The van der Waals surface area contributed by atoms with Gasteiger partial charge in [-0.1, -0.05) is 97.1 Å². The maximum atomic E-state index is 12.7. The van der Waals surface area contributed by atoms with Gasteiger partial charge < -0.3 is 108 Å². The number of nitrogens with zero attached hydrogens (tertiary/aromatic N) is 14. The molecular formula is C96H122N18O17. The summed E-state index contributed by atoms with van der Waals surface area (Å²) in [5.74, 6) is 6.20. The predicted molar refractivity (Wildman–Crippen MR) is 501 cm³/mol. The summed E-state index contributed by atoms with van der Waals surface area (Å²) in [7, 11) is 14.9. The van der Waals surface area contributed by atoms with Gasteiger partial charge in [-0.25, -0.2) is 33.9 Å². The van der Waals surface area contributed by atoms with Gasteiger partial charge in [-0.05, 0) is 172 Å². The highest BCUT2D eigenvalue weighted by Gasteiger charge is 2.33. The number of hydrogen-bond acceptors (Lipinski definition) is 28. The standard InChI is InChI=1S/C33H40N6O5.C32H39N5O6.C25H32N6O4.C6H11NO2/c1-37(2)18-7-10-30(41)38-19-16-25(21-38)35-32-31-29(44-23-26(40)22-43-28-8-5-4-6-9-28)15-17-34-33(31)39(36-32)20-24-11-13-27(42-3)14-12-24;1-32(2,3)43-31(39)36-17-15-23(19-36)34-29-28-27(42-21-24(38)20-41-26-8-6-5-7-9-26)14-16-33-30(28)37(35-29)18-22-10-12-25(40-4)13-11-22;1-30(2)13-6-9-22(33)31-14-11-18(15-31)27-25-23-21(10-12-26-24(23)28-29-25)35-17-19(32)16-34-20-7-4-3-5-8-20;1-7(2)5-3-4-6(8)9/h4-15,17,25-26,40H,16,18-23H2,1-3H3,(H,35,36);5-14,16,23-24,38H,15,17-21H2,1-4H3,(H,34,35);3-10,12,18-19,32H,11,13-17H2,1-2H3,(H2,26,27,28,29);3-4H,5H2,1-2H3,(H,8,9)/b10-7+;;9-6+;4-3+/t25-,26?;23-,24?;18-,19?;/m111./s1. The number of pyridine rings is 3. The Bertz CT molecular complexity index is 5480. The van der Waals surface area contributed by atoms with Crippen molar-refractivity contribution in [1.82, 2.24) is 74.1 Å². The Morgan fingerprint density at radius 1 is 0.450 bits per heavy atom. The van der Waals surface area contributed by atoms with Gasteiger partial charge in [-0.15, -0.1) is 0 Å². The monoisotopic (exact) mass is 1800 g/mol. The summed E-state index contributed by atoms with van der Waals surface area (Å²) in [4.78, 5) is 72.6. The number of H-pyrrole nitrogens is 1. The minimum absolute atomic E-state index is 0.00319. The molecule has 0 saturated carbocycles. The number of aliphatic carboxylic acids is 1.